The van der Waals surface area contributed by atoms with E-state index in [4.69, 9.17) is 5.11 Å². The molecular formula is C4H10BaO3. The van der Waals surface area contributed by atoms with E-state index in [9.17, 15) is 4.79 Å². The number of carbonyl (C=O) groups is 1. The topological polar surface area (TPSA) is 46.5 Å². The standard InChI is InChI=1S/C4H8O3.Ba.2H/c1-7-3-2-4(5)6;;;/h2-3H2,1H3,(H,5,6);;;. The fraction of sp³-hybridized carbons (Fsp3) is 0.750. The van der Waals surface area contributed by atoms with Gasteiger partial charge in [0.1, 0.15) is 0 Å². The summed E-state index contributed by atoms with van der Waals surface area (Å²) in [5.74, 6) is -0.818. The molecule has 0 aliphatic rings. The Morgan fingerprint density at radius 1 is 1.75 bits per heavy atom. The van der Waals surface area contributed by atoms with Crippen LogP contribution in [-0.2, 0) is 9.53 Å². The molecule has 0 aromatic heterocycles. The molecule has 0 fully saturated rings. The summed E-state index contributed by atoms with van der Waals surface area (Å²) in [7, 11) is 1.48. The monoisotopic (exact) mass is 244 g/mol. The Hall–Kier alpha value is 1.00. The number of ether oxygens (including phenoxy) is 1. The Balaban J connectivity index is 0. The molecule has 0 atom stereocenters. The summed E-state index contributed by atoms with van der Waals surface area (Å²) in [5.41, 5.74) is 0. The zero-order chi connectivity index (χ0) is 5.70. The maximum absolute atomic E-state index is 9.68. The molecule has 0 heterocycles. The molecule has 3 nitrogen and oxygen atoms in total. The molecule has 0 amide bonds. The van der Waals surface area contributed by atoms with Gasteiger partial charge < -0.3 is 9.84 Å². The fourth-order valence-corrected chi connectivity index (χ4v) is 0.189. The molecule has 0 unspecified atom stereocenters. The fourth-order valence-electron chi connectivity index (χ4n) is 0.189. The van der Waals surface area contributed by atoms with Gasteiger partial charge in [0.25, 0.3) is 0 Å². The number of methoxy groups -OCH3 is 1. The number of carboxylic acids is 1. The third-order valence-corrected chi connectivity index (χ3v) is 0.520. The van der Waals surface area contributed by atoms with Crippen LogP contribution in [0.2, 0.25) is 0 Å². The van der Waals surface area contributed by atoms with Gasteiger partial charge in [-0.15, -0.1) is 0 Å². The average molecular weight is 243 g/mol. The van der Waals surface area contributed by atoms with E-state index in [1.54, 1.807) is 0 Å². The quantitative estimate of drug-likeness (QED) is 0.660. The van der Waals surface area contributed by atoms with Gasteiger partial charge in [0.15, 0.2) is 0 Å². The van der Waals surface area contributed by atoms with Crippen molar-refractivity contribution in [2.75, 3.05) is 13.7 Å². The Morgan fingerprint density at radius 2 is 2.25 bits per heavy atom. The van der Waals surface area contributed by atoms with E-state index < -0.39 is 5.97 Å². The van der Waals surface area contributed by atoms with Crippen molar-refractivity contribution in [3.63, 3.8) is 0 Å². The van der Waals surface area contributed by atoms with E-state index in [0.29, 0.717) is 6.61 Å². The Kier molecular flexibility index (Phi) is 11.8. The van der Waals surface area contributed by atoms with E-state index in [1.165, 1.54) is 7.11 Å². The summed E-state index contributed by atoms with van der Waals surface area (Å²) in [6.07, 6.45) is 0.0938. The van der Waals surface area contributed by atoms with Crippen LogP contribution in [0, 0.1) is 0 Å². The number of rotatable bonds is 3. The van der Waals surface area contributed by atoms with Crippen LogP contribution in [0.1, 0.15) is 6.42 Å². The Bertz CT molecular complexity index is 64.3. The van der Waals surface area contributed by atoms with Crippen LogP contribution < -0.4 is 0 Å². The summed E-state index contributed by atoms with van der Waals surface area (Å²) in [6, 6.07) is 0. The summed E-state index contributed by atoms with van der Waals surface area (Å²) < 4.78 is 4.47. The van der Waals surface area contributed by atoms with Gasteiger partial charge in [0.2, 0.25) is 0 Å². The third kappa shape index (κ3) is 10.1. The minimum atomic E-state index is -0.818. The van der Waals surface area contributed by atoms with Crippen molar-refractivity contribution in [1.82, 2.24) is 0 Å². The van der Waals surface area contributed by atoms with Crippen LogP contribution in [0.15, 0.2) is 0 Å². The van der Waals surface area contributed by atoms with Crippen LogP contribution in [0.25, 0.3) is 0 Å². The van der Waals surface area contributed by atoms with Crippen molar-refractivity contribution < 1.29 is 14.6 Å². The molecule has 0 spiro atoms. The van der Waals surface area contributed by atoms with Crippen LogP contribution >= 0.6 is 0 Å². The summed E-state index contributed by atoms with van der Waals surface area (Å²) in [5, 5.41) is 7.96. The molecule has 0 radical (unpaired) electrons. The van der Waals surface area contributed by atoms with E-state index in [0.717, 1.165) is 0 Å². The van der Waals surface area contributed by atoms with Crippen LogP contribution in [0.5, 0.6) is 0 Å². The van der Waals surface area contributed by atoms with Crippen molar-refractivity contribution in [3.8, 4) is 0 Å². The first-order valence-electron chi connectivity index (χ1n) is 1.98. The summed E-state index contributed by atoms with van der Waals surface area (Å²) in [4.78, 5) is 9.68. The van der Waals surface area contributed by atoms with Crippen molar-refractivity contribution in [2.45, 2.75) is 6.42 Å². The van der Waals surface area contributed by atoms with Crippen LogP contribution in [0.4, 0.5) is 0 Å². The molecule has 0 saturated heterocycles. The average Bonchev–Trinajstić information content (AvgIpc) is 1.61. The van der Waals surface area contributed by atoms with Crippen molar-refractivity contribution >= 4 is 54.9 Å². The number of hydrogen-bond acceptors (Lipinski definition) is 2. The zero-order valence-corrected chi connectivity index (χ0v) is 4.18. The normalized spacial score (nSPS) is 7.62. The summed E-state index contributed by atoms with van der Waals surface area (Å²) >= 11 is 0. The minimum absolute atomic E-state index is 0. The van der Waals surface area contributed by atoms with Gasteiger partial charge in [-0.05, 0) is 0 Å². The second-order valence-electron chi connectivity index (χ2n) is 1.14. The second kappa shape index (κ2) is 8.00. The van der Waals surface area contributed by atoms with Gasteiger partial charge in [0.05, 0.1) is 13.0 Å². The van der Waals surface area contributed by atoms with Crippen molar-refractivity contribution in [3.05, 3.63) is 0 Å². The molecule has 46 valence electrons. The number of aliphatic carboxylic acids is 1. The van der Waals surface area contributed by atoms with Gasteiger partial charge in [-0.2, -0.15) is 0 Å². The first-order valence-corrected chi connectivity index (χ1v) is 1.98. The Labute approximate surface area is 88.5 Å². The molecule has 0 bridgehead atoms. The van der Waals surface area contributed by atoms with E-state index >= 15 is 0 Å². The predicted octanol–water partition coefficient (Wildman–Crippen LogP) is -0.809. The van der Waals surface area contributed by atoms with Gasteiger partial charge >= 0.3 is 54.9 Å². The van der Waals surface area contributed by atoms with Crippen LogP contribution in [-0.4, -0.2) is 73.7 Å². The van der Waals surface area contributed by atoms with Gasteiger partial charge in [0, 0.05) is 7.11 Å². The molecule has 0 rings (SSSR count). The third-order valence-electron chi connectivity index (χ3n) is 0.520. The maximum atomic E-state index is 9.68. The molecule has 8 heavy (non-hydrogen) atoms. The van der Waals surface area contributed by atoms with Gasteiger partial charge in [-0.3, -0.25) is 4.79 Å². The van der Waals surface area contributed by atoms with Crippen LogP contribution in [0.3, 0.4) is 0 Å². The molecule has 0 saturated carbocycles. The molecule has 1 N–H and O–H groups in total. The summed E-state index contributed by atoms with van der Waals surface area (Å²) in [6.45, 7) is 0.301. The molecule has 0 aromatic rings. The second-order valence-corrected chi connectivity index (χ2v) is 1.14. The predicted molar refractivity (Wildman–Crippen MR) is 32.7 cm³/mol. The number of hydrogen-bond donors (Lipinski definition) is 1. The molecular weight excluding hydrogens is 233 g/mol. The molecule has 4 heteroatoms. The number of carboxylic acid groups (broad SMARTS) is 1. The molecule has 0 aliphatic heterocycles. The first kappa shape index (κ1) is 11.8. The molecule has 0 aromatic carbocycles. The van der Waals surface area contributed by atoms with E-state index in [-0.39, 0.29) is 55.3 Å². The van der Waals surface area contributed by atoms with E-state index in [2.05, 4.69) is 4.74 Å². The Morgan fingerprint density at radius 3 is 2.38 bits per heavy atom. The SMILES string of the molecule is COCCC(=O)O.[BaH2]. The van der Waals surface area contributed by atoms with E-state index in [1.807, 2.05) is 0 Å². The van der Waals surface area contributed by atoms with Crippen molar-refractivity contribution in [1.29, 1.82) is 0 Å². The van der Waals surface area contributed by atoms with Gasteiger partial charge in [-0.25, -0.2) is 0 Å². The zero-order valence-electron chi connectivity index (χ0n) is 4.18. The first-order chi connectivity index (χ1) is 3.27. The van der Waals surface area contributed by atoms with Crippen molar-refractivity contribution in [2.24, 2.45) is 0 Å². The van der Waals surface area contributed by atoms with Gasteiger partial charge in [-0.1, -0.05) is 0 Å². The molecule has 0 aliphatic carbocycles.